The van der Waals surface area contributed by atoms with Gasteiger partial charge in [0.25, 0.3) is 0 Å². The van der Waals surface area contributed by atoms with Crippen molar-refractivity contribution in [3.63, 3.8) is 0 Å². The van der Waals surface area contributed by atoms with Crippen LogP contribution in [0, 0.1) is 5.82 Å². The lowest BCUT2D eigenvalue weighted by Gasteiger charge is -2.13. The zero-order valence-electron chi connectivity index (χ0n) is 9.54. The van der Waals surface area contributed by atoms with Gasteiger partial charge in [-0.05, 0) is 35.4 Å². The molecule has 0 bridgehead atoms. The van der Waals surface area contributed by atoms with E-state index in [1.54, 1.807) is 23.9 Å². The van der Waals surface area contributed by atoms with Gasteiger partial charge in [0.15, 0.2) is 0 Å². The van der Waals surface area contributed by atoms with Crippen molar-refractivity contribution in [1.29, 1.82) is 0 Å². The molecule has 1 aromatic carbocycles. The number of nitrogens with two attached hydrogens (primary N) is 1. The predicted molar refractivity (Wildman–Crippen MR) is 70.7 cm³/mol. The third-order valence-electron chi connectivity index (χ3n) is 2.13. The van der Waals surface area contributed by atoms with Gasteiger partial charge >= 0.3 is 0 Å². The molecule has 0 radical (unpaired) electrons. The summed E-state index contributed by atoms with van der Waals surface area (Å²) in [5.41, 5.74) is 6.54. The molecule has 0 aromatic heterocycles. The Morgan fingerprint density at radius 2 is 2.12 bits per heavy atom. The molecule has 0 aliphatic rings. The zero-order valence-corrected chi connectivity index (χ0v) is 11.1. The van der Waals surface area contributed by atoms with Crippen molar-refractivity contribution in [3.05, 3.63) is 34.6 Å². The molecule has 1 atom stereocenters. The number of rotatable bonds is 5. The third kappa shape index (κ3) is 4.73. The van der Waals surface area contributed by atoms with E-state index in [4.69, 9.17) is 17.3 Å². The van der Waals surface area contributed by atoms with Crippen LogP contribution in [0.1, 0.15) is 19.4 Å². The van der Waals surface area contributed by atoms with Gasteiger partial charge in [-0.1, -0.05) is 25.4 Å². The van der Waals surface area contributed by atoms with Crippen LogP contribution in [-0.2, 0) is 6.42 Å². The molecule has 1 rings (SSSR count). The number of thioether (sulfide) groups is 1. The fourth-order valence-corrected chi connectivity index (χ4v) is 2.30. The molecule has 1 unspecified atom stereocenters. The van der Waals surface area contributed by atoms with Crippen LogP contribution in [0.15, 0.2) is 18.2 Å². The minimum Gasteiger partial charge on any atom is -0.327 e. The molecule has 0 amide bonds. The maximum atomic E-state index is 13.4. The summed E-state index contributed by atoms with van der Waals surface area (Å²) < 4.78 is 13.4. The first-order chi connectivity index (χ1) is 7.49. The number of hydrogen-bond acceptors (Lipinski definition) is 2. The molecule has 0 fully saturated rings. The molecule has 1 nitrogen and oxygen atoms in total. The molecule has 0 saturated carbocycles. The van der Waals surface area contributed by atoms with Gasteiger partial charge in [-0.2, -0.15) is 11.8 Å². The van der Waals surface area contributed by atoms with Gasteiger partial charge in [0.1, 0.15) is 5.82 Å². The van der Waals surface area contributed by atoms with Gasteiger partial charge in [0.2, 0.25) is 0 Å². The highest BCUT2D eigenvalue weighted by molar-refractivity contribution is 7.99. The summed E-state index contributed by atoms with van der Waals surface area (Å²) in [5, 5.41) is 1.11. The fraction of sp³-hybridized carbons (Fsp3) is 0.500. The van der Waals surface area contributed by atoms with E-state index < -0.39 is 0 Å². The first-order valence-corrected chi connectivity index (χ1v) is 6.73. The van der Waals surface area contributed by atoms with Crippen LogP contribution in [-0.4, -0.2) is 17.0 Å². The van der Waals surface area contributed by atoms with Crippen molar-refractivity contribution >= 4 is 23.4 Å². The Morgan fingerprint density at radius 1 is 1.44 bits per heavy atom. The lowest BCUT2D eigenvalue weighted by molar-refractivity contribution is 0.597. The van der Waals surface area contributed by atoms with Crippen LogP contribution >= 0.6 is 23.4 Å². The van der Waals surface area contributed by atoms with E-state index in [2.05, 4.69) is 13.8 Å². The van der Waals surface area contributed by atoms with E-state index in [0.717, 1.165) is 5.75 Å². The second-order valence-electron chi connectivity index (χ2n) is 4.08. The van der Waals surface area contributed by atoms with Crippen LogP contribution < -0.4 is 5.73 Å². The van der Waals surface area contributed by atoms with E-state index in [1.807, 2.05) is 0 Å². The molecule has 0 spiro atoms. The van der Waals surface area contributed by atoms with Gasteiger partial charge in [0, 0.05) is 16.8 Å². The van der Waals surface area contributed by atoms with Gasteiger partial charge in [-0.25, -0.2) is 4.39 Å². The maximum absolute atomic E-state index is 13.4. The highest BCUT2D eigenvalue weighted by Crippen LogP contribution is 2.18. The summed E-state index contributed by atoms with van der Waals surface area (Å²) in [4.78, 5) is 0. The van der Waals surface area contributed by atoms with Crippen LogP contribution in [0.25, 0.3) is 0 Å². The van der Waals surface area contributed by atoms with E-state index in [-0.39, 0.29) is 11.9 Å². The minimum atomic E-state index is -0.227. The number of halogens is 2. The quantitative estimate of drug-likeness (QED) is 0.878. The van der Waals surface area contributed by atoms with Crippen molar-refractivity contribution in [2.75, 3.05) is 5.75 Å². The highest BCUT2D eigenvalue weighted by Gasteiger charge is 2.09. The van der Waals surface area contributed by atoms with Crippen LogP contribution in [0.4, 0.5) is 4.39 Å². The Balaban J connectivity index is 2.55. The predicted octanol–water partition coefficient (Wildman–Crippen LogP) is 3.49. The summed E-state index contributed by atoms with van der Waals surface area (Å²) in [6.45, 7) is 4.24. The SMILES string of the molecule is CC(C)SCC(N)Cc1cc(Cl)ccc1F. The first-order valence-electron chi connectivity index (χ1n) is 5.30. The average Bonchev–Trinajstić information content (AvgIpc) is 2.20. The maximum Gasteiger partial charge on any atom is 0.126 e. The number of hydrogen-bond donors (Lipinski definition) is 1. The Morgan fingerprint density at radius 3 is 2.75 bits per heavy atom. The molecule has 0 saturated heterocycles. The molecule has 0 aliphatic heterocycles. The largest absolute Gasteiger partial charge is 0.327 e. The highest BCUT2D eigenvalue weighted by atomic mass is 35.5. The fourth-order valence-electron chi connectivity index (χ4n) is 1.36. The van der Waals surface area contributed by atoms with Crippen LogP contribution in [0.3, 0.4) is 0 Å². The summed E-state index contributed by atoms with van der Waals surface area (Å²) in [7, 11) is 0. The van der Waals surface area contributed by atoms with E-state index in [0.29, 0.717) is 22.3 Å². The smallest absolute Gasteiger partial charge is 0.126 e. The monoisotopic (exact) mass is 261 g/mol. The molecule has 4 heteroatoms. The van der Waals surface area contributed by atoms with Crippen LogP contribution in [0.2, 0.25) is 5.02 Å². The first kappa shape index (κ1) is 13.8. The molecule has 90 valence electrons. The molecule has 16 heavy (non-hydrogen) atoms. The van der Waals surface area contributed by atoms with Gasteiger partial charge in [-0.15, -0.1) is 0 Å². The van der Waals surface area contributed by atoms with Crippen molar-refractivity contribution in [3.8, 4) is 0 Å². The topological polar surface area (TPSA) is 26.0 Å². The number of benzene rings is 1. The van der Waals surface area contributed by atoms with Crippen LogP contribution in [0.5, 0.6) is 0 Å². The normalized spacial score (nSPS) is 13.1. The molecular formula is C12H17ClFNS. The van der Waals surface area contributed by atoms with E-state index in [1.165, 1.54) is 6.07 Å². The van der Waals surface area contributed by atoms with Gasteiger partial charge < -0.3 is 5.73 Å². The Hall–Kier alpha value is -0.250. The molecule has 1 aromatic rings. The van der Waals surface area contributed by atoms with E-state index in [9.17, 15) is 4.39 Å². The average molecular weight is 262 g/mol. The lowest BCUT2D eigenvalue weighted by atomic mass is 10.1. The Kier molecular flexibility index (Phi) is 5.59. The summed E-state index contributed by atoms with van der Waals surface area (Å²) in [6.07, 6.45) is 0.534. The Labute approximate surface area is 106 Å². The molecule has 2 N–H and O–H groups in total. The van der Waals surface area contributed by atoms with Gasteiger partial charge in [0.05, 0.1) is 0 Å². The van der Waals surface area contributed by atoms with Crippen molar-refractivity contribution in [1.82, 2.24) is 0 Å². The van der Waals surface area contributed by atoms with Crippen molar-refractivity contribution in [2.45, 2.75) is 31.6 Å². The second kappa shape index (κ2) is 6.48. The molecule has 0 heterocycles. The summed E-state index contributed by atoms with van der Waals surface area (Å²) >= 11 is 7.60. The summed E-state index contributed by atoms with van der Waals surface area (Å²) in [6, 6.07) is 4.56. The minimum absolute atomic E-state index is 0.0274. The van der Waals surface area contributed by atoms with Crippen molar-refractivity contribution in [2.24, 2.45) is 5.73 Å². The summed E-state index contributed by atoms with van der Waals surface area (Å²) in [5.74, 6) is 0.610. The van der Waals surface area contributed by atoms with Crippen molar-refractivity contribution < 1.29 is 4.39 Å². The Bertz CT molecular complexity index is 344. The third-order valence-corrected chi connectivity index (χ3v) is 3.66. The van der Waals surface area contributed by atoms with Gasteiger partial charge in [-0.3, -0.25) is 0 Å². The molecule has 0 aliphatic carbocycles. The molecular weight excluding hydrogens is 245 g/mol. The van der Waals surface area contributed by atoms with E-state index >= 15 is 0 Å². The lowest BCUT2D eigenvalue weighted by Crippen LogP contribution is -2.26. The standard InChI is InChI=1S/C12H17ClFNS/c1-8(2)16-7-11(15)6-9-5-10(13)3-4-12(9)14/h3-5,8,11H,6-7,15H2,1-2H3. The zero-order chi connectivity index (χ0) is 12.1. The second-order valence-corrected chi connectivity index (χ2v) is 6.13.